The first-order valence-corrected chi connectivity index (χ1v) is 7.21. The molecule has 0 radical (unpaired) electrons. The van der Waals surface area contributed by atoms with Gasteiger partial charge in [-0.3, -0.25) is 4.79 Å². The van der Waals surface area contributed by atoms with E-state index in [2.05, 4.69) is 0 Å². The molecular weight excluding hydrogens is 292 g/mol. The fourth-order valence-corrected chi connectivity index (χ4v) is 2.67. The predicted octanol–water partition coefficient (Wildman–Crippen LogP) is 3.78. The summed E-state index contributed by atoms with van der Waals surface area (Å²) in [6, 6.07) is 12.8. The van der Waals surface area contributed by atoms with Crippen LogP contribution < -0.4 is 5.73 Å². The summed E-state index contributed by atoms with van der Waals surface area (Å²) >= 11 is 7.38. The second kappa shape index (κ2) is 6.20. The molecule has 3 nitrogen and oxygen atoms in total. The summed E-state index contributed by atoms with van der Waals surface area (Å²) in [5.74, 6) is -0.0389. The Morgan fingerprint density at radius 2 is 1.80 bits per heavy atom. The van der Waals surface area contributed by atoms with Crippen molar-refractivity contribution in [3.63, 3.8) is 0 Å². The van der Waals surface area contributed by atoms with Crippen molar-refractivity contribution in [3.05, 3.63) is 53.1 Å². The zero-order valence-electron chi connectivity index (χ0n) is 11.3. The number of rotatable bonds is 3. The molecule has 0 spiro atoms. The molecule has 2 rings (SSSR count). The zero-order chi connectivity index (χ0) is 14.7. The number of hydrogen-bond donors (Lipinski definition) is 1. The first kappa shape index (κ1) is 14.8. The second-order valence-corrected chi connectivity index (χ2v) is 6.06. The largest absolute Gasteiger partial charge is 0.398 e. The Kier molecular flexibility index (Phi) is 4.57. The number of benzene rings is 2. The van der Waals surface area contributed by atoms with Crippen LogP contribution in [0.1, 0.15) is 10.4 Å². The van der Waals surface area contributed by atoms with Crippen LogP contribution in [0.25, 0.3) is 0 Å². The molecule has 20 heavy (non-hydrogen) atoms. The lowest BCUT2D eigenvalue weighted by atomic mass is 10.2. The average Bonchev–Trinajstić information content (AvgIpc) is 2.43. The monoisotopic (exact) mass is 306 g/mol. The van der Waals surface area contributed by atoms with Gasteiger partial charge in [-0.05, 0) is 42.5 Å². The number of halogens is 1. The lowest BCUT2D eigenvalue weighted by Crippen LogP contribution is -2.21. The number of nitrogen functional groups attached to an aromatic ring is 1. The summed E-state index contributed by atoms with van der Waals surface area (Å²) in [5, 5.41) is 0.693. The quantitative estimate of drug-likeness (QED) is 0.878. The Labute approximate surface area is 127 Å². The van der Waals surface area contributed by atoms with Crippen LogP contribution in [0.3, 0.4) is 0 Å². The van der Waals surface area contributed by atoms with Gasteiger partial charge in [0.1, 0.15) is 0 Å². The molecule has 0 atom stereocenters. The Balaban J connectivity index is 2.29. The van der Waals surface area contributed by atoms with Crippen molar-refractivity contribution < 1.29 is 4.79 Å². The lowest BCUT2D eigenvalue weighted by molar-refractivity contribution is 0.0827. The van der Waals surface area contributed by atoms with E-state index in [0.29, 0.717) is 16.3 Å². The van der Waals surface area contributed by atoms with Gasteiger partial charge in [-0.25, -0.2) is 0 Å². The molecule has 2 N–H and O–H groups in total. The summed E-state index contributed by atoms with van der Waals surface area (Å²) in [6.07, 6.45) is 0. The van der Waals surface area contributed by atoms with Gasteiger partial charge in [-0.2, -0.15) is 0 Å². The highest BCUT2D eigenvalue weighted by Crippen LogP contribution is 2.33. The van der Waals surface area contributed by atoms with Crippen LogP contribution in [0.4, 0.5) is 5.69 Å². The maximum Gasteiger partial charge on any atom is 0.253 e. The van der Waals surface area contributed by atoms with Crippen LogP contribution in [0.2, 0.25) is 5.02 Å². The van der Waals surface area contributed by atoms with Gasteiger partial charge in [0, 0.05) is 40.2 Å². The molecule has 0 saturated carbocycles. The van der Waals surface area contributed by atoms with Crippen LogP contribution in [0, 0.1) is 0 Å². The standard InChI is InChI=1S/C15H15ClN2OS/c1-18(2)15(19)10-3-8-13(17)14(9-10)20-12-6-4-11(16)5-7-12/h3-9H,17H2,1-2H3. The normalized spacial score (nSPS) is 10.3. The fourth-order valence-electron chi connectivity index (χ4n) is 1.64. The van der Waals surface area contributed by atoms with Crippen molar-refractivity contribution >= 4 is 35.0 Å². The van der Waals surface area contributed by atoms with Crippen molar-refractivity contribution in [2.75, 3.05) is 19.8 Å². The van der Waals surface area contributed by atoms with E-state index in [4.69, 9.17) is 17.3 Å². The maximum atomic E-state index is 12.0. The second-order valence-electron chi connectivity index (χ2n) is 4.51. The zero-order valence-corrected chi connectivity index (χ0v) is 12.8. The van der Waals surface area contributed by atoms with Gasteiger partial charge in [-0.1, -0.05) is 23.4 Å². The fraction of sp³-hybridized carbons (Fsp3) is 0.133. The number of nitrogens with two attached hydrogens (primary N) is 1. The van der Waals surface area contributed by atoms with Crippen LogP contribution >= 0.6 is 23.4 Å². The van der Waals surface area contributed by atoms with Crippen LogP contribution in [-0.4, -0.2) is 24.9 Å². The van der Waals surface area contributed by atoms with Gasteiger partial charge in [0.25, 0.3) is 5.91 Å². The third-order valence-corrected chi connectivity index (χ3v) is 4.04. The number of hydrogen-bond acceptors (Lipinski definition) is 3. The molecule has 0 fully saturated rings. The molecule has 5 heteroatoms. The van der Waals surface area contributed by atoms with E-state index in [-0.39, 0.29) is 5.91 Å². The van der Waals surface area contributed by atoms with Gasteiger partial charge in [0.15, 0.2) is 0 Å². The van der Waals surface area contributed by atoms with Crippen LogP contribution in [0.5, 0.6) is 0 Å². The molecule has 1 amide bonds. The number of nitrogens with zero attached hydrogens (tertiary/aromatic N) is 1. The minimum Gasteiger partial charge on any atom is -0.398 e. The minimum absolute atomic E-state index is 0.0389. The molecule has 0 saturated heterocycles. The molecule has 0 aromatic heterocycles. The highest BCUT2D eigenvalue weighted by molar-refractivity contribution is 7.99. The van der Waals surface area contributed by atoms with Crippen molar-refractivity contribution in [3.8, 4) is 0 Å². The van der Waals surface area contributed by atoms with Gasteiger partial charge in [-0.15, -0.1) is 0 Å². The summed E-state index contributed by atoms with van der Waals surface area (Å²) in [6.45, 7) is 0. The molecule has 0 heterocycles. The third kappa shape index (κ3) is 3.46. The van der Waals surface area contributed by atoms with Crippen molar-refractivity contribution in [2.24, 2.45) is 0 Å². The third-order valence-electron chi connectivity index (χ3n) is 2.71. The minimum atomic E-state index is -0.0389. The summed E-state index contributed by atoms with van der Waals surface area (Å²) in [4.78, 5) is 15.4. The van der Waals surface area contributed by atoms with Crippen LogP contribution in [-0.2, 0) is 0 Å². The molecular formula is C15H15ClN2OS. The van der Waals surface area contributed by atoms with Gasteiger partial charge < -0.3 is 10.6 Å². The van der Waals surface area contributed by atoms with E-state index < -0.39 is 0 Å². The van der Waals surface area contributed by atoms with Gasteiger partial charge in [0.2, 0.25) is 0 Å². The molecule has 0 bridgehead atoms. The van der Waals surface area contributed by atoms with Crippen molar-refractivity contribution in [1.29, 1.82) is 0 Å². The average molecular weight is 307 g/mol. The SMILES string of the molecule is CN(C)C(=O)c1ccc(N)c(Sc2ccc(Cl)cc2)c1. The Morgan fingerprint density at radius 1 is 1.15 bits per heavy atom. The molecule has 0 aliphatic carbocycles. The molecule has 104 valence electrons. The van der Waals surface area contributed by atoms with E-state index in [1.54, 1.807) is 31.1 Å². The van der Waals surface area contributed by atoms with Crippen molar-refractivity contribution in [1.82, 2.24) is 4.90 Å². The number of anilines is 1. The van der Waals surface area contributed by atoms with E-state index in [1.807, 2.05) is 30.3 Å². The van der Waals surface area contributed by atoms with E-state index in [1.165, 1.54) is 11.8 Å². The Morgan fingerprint density at radius 3 is 2.40 bits per heavy atom. The lowest BCUT2D eigenvalue weighted by Gasteiger charge is -2.12. The molecule has 0 aliphatic rings. The van der Waals surface area contributed by atoms with Crippen molar-refractivity contribution in [2.45, 2.75) is 9.79 Å². The highest BCUT2D eigenvalue weighted by atomic mass is 35.5. The molecule has 0 aliphatic heterocycles. The predicted molar refractivity (Wildman–Crippen MR) is 84.4 cm³/mol. The summed E-state index contributed by atoms with van der Waals surface area (Å²) in [7, 11) is 3.45. The van der Waals surface area contributed by atoms with E-state index in [9.17, 15) is 4.79 Å². The Bertz CT molecular complexity index is 626. The molecule has 2 aromatic carbocycles. The Hall–Kier alpha value is -1.65. The first-order chi connectivity index (χ1) is 9.47. The number of carbonyl (C=O) groups is 1. The van der Waals surface area contributed by atoms with Gasteiger partial charge in [0.05, 0.1) is 0 Å². The summed E-state index contributed by atoms with van der Waals surface area (Å²) < 4.78 is 0. The smallest absolute Gasteiger partial charge is 0.253 e. The van der Waals surface area contributed by atoms with E-state index in [0.717, 1.165) is 9.79 Å². The maximum absolute atomic E-state index is 12.0. The number of amides is 1. The topological polar surface area (TPSA) is 46.3 Å². The van der Waals surface area contributed by atoms with Gasteiger partial charge >= 0.3 is 0 Å². The van der Waals surface area contributed by atoms with E-state index >= 15 is 0 Å². The van der Waals surface area contributed by atoms with Crippen LogP contribution in [0.15, 0.2) is 52.3 Å². The highest BCUT2D eigenvalue weighted by Gasteiger charge is 2.11. The molecule has 2 aromatic rings. The number of carbonyl (C=O) groups excluding carboxylic acids is 1. The first-order valence-electron chi connectivity index (χ1n) is 6.02. The molecule has 0 unspecified atom stereocenters. The summed E-state index contributed by atoms with van der Waals surface area (Å²) in [5.41, 5.74) is 7.25.